The normalized spacial score (nSPS) is 17.2. The van der Waals surface area contributed by atoms with E-state index in [9.17, 15) is 9.59 Å². The molecule has 3 rings (SSSR count). The average Bonchev–Trinajstić information content (AvgIpc) is 2.69. The number of likely N-dealkylation sites (tertiary alicyclic amines) is 1. The maximum Gasteiger partial charge on any atom is 0.231 e. The Kier molecular flexibility index (Phi) is 6.00. The smallest absolute Gasteiger partial charge is 0.231 e. The Hall–Kier alpha value is -2.14. The molecule has 0 spiro atoms. The molecule has 1 N–H and O–H groups in total. The highest BCUT2D eigenvalue weighted by Crippen LogP contribution is 2.36. The number of carbonyl (C=O) groups excluding carboxylic acids is 2. The van der Waals surface area contributed by atoms with Gasteiger partial charge in [-0.1, -0.05) is 58.4 Å². The van der Waals surface area contributed by atoms with Crippen LogP contribution in [0.5, 0.6) is 0 Å². The first-order chi connectivity index (χ1) is 12.9. The minimum Gasteiger partial charge on any atom is -0.349 e. The Labute approximate surface area is 169 Å². The predicted molar refractivity (Wildman–Crippen MR) is 110 cm³/mol. The van der Waals surface area contributed by atoms with Gasteiger partial charge in [-0.15, -0.1) is 0 Å². The summed E-state index contributed by atoms with van der Waals surface area (Å²) >= 11 is 3.44. The van der Waals surface area contributed by atoms with Gasteiger partial charge in [-0.2, -0.15) is 0 Å². The standard InChI is InChI=1S/C22H25BrN2O2/c1-16(18-8-10-20(23)11-9-18)24-21(27)22(19-6-4-3-5-7-19)12-14-25(15-13-22)17(2)26/h3-11,16H,12-15H2,1-2H3,(H,24,27). The Bertz CT molecular complexity index is 797. The predicted octanol–water partition coefficient (Wildman–Crippen LogP) is 4.21. The molecule has 5 heteroatoms. The average molecular weight is 429 g/mol. The van der Waals surface area contributed by atoms with Crippen LogP contribution in [0.2, 0.25) is 0 Å². The van der Waals surface area contributed by atoms with Crippen LogP contribution >= 0.6 is 15.9 Å². The van der Waals surface area contributed by atoms with Gasteiger partial charge in [0.15, 0.2) is 0 Å². The Balaban J connectivity index is 1.84. The van der Waals surface area contributed by atoms with Gasteiger partial charge < -0.3 is 10.2 Å². The van der Waals surface area contributed by atoms with Gasteiger partial charge in [-0.3, -0.25) is 9.59 Å². The molecule has 0 saturated carbocycles. The molecule has 1 saturated heterocycles. The molecule has 0 aromatic heterocycles. The summed E-state index contributed by atoms with van der Waals surface area (Å²) in [7, 11) is 0. The van der Waals surface area contributed by atoms with Crippen LogP contribution in [0.1, 0.15) is 43.9 Å². The lowest BCUT2D eigenvalue weighted by molar-refractivity contribution is -0.135. The van der Waals surface area contributed by atoms with Crippen molar-refractivity contribution in [1.29, 1.82) is 0 Å². The molecular formula is C22H25BrN2O2. The lowest BCUT2D eigenvalue weighted by atomic mass is 9.71. The summed E-state index contributed by atoms with van der Waals surface area (Å²) in [6, 6.07) is 17.9. The van der Waals surface area contributed by atoms with Gasteiger partial charge in [0.2, 0.25) is 11.8 Å². The van der Waals surface area contributed by atoms with Crippen molar-refractivity contribution < 1.29 is 9.59 Å². The topological polar surface area (TPSA) is 49.4 Å². The van der Waals surface area contributed by atoms with E-state index in [0.29, 0.717) is 25.9 Å². The minimum absolute atomic E-state index is 0.0346. The first kappa shape index (κ1) is 19.6. The number of carbonyl (C=O) groups is 2. The first-order valence-electron chi connectivity index (χ1n) is 9.30. The van der Waals surface area contributed by atoms with Crippen molar-refractivity contribution in [1.82, 2.24) is 10.2 Å². The molecule has 2 amide bonds. The van der Waals surface area contributed by atoms with E-state index in [1.165, 1.54) is 0 Å². The van der Waals surface area contributed by atoms with Crippen LogP contribution in [0.3, 0.4) is 0 Å². The number of hydrogen-bond acceptors (Lipinski definition) is 2. The maximum atomic E-state index is 13.4. The molecule has 142 valence electrons. The van der Waals surface area contributed by atoms with Crippen LogP contribution in [0.4, 0.5) is 0 Å². The lowest BCUT2D eigenvalue weighted by Crippen LogP contribution is -2.52. The first-order valence-corrected chi connectivity index (χ1v) is 10.1. The van der Waals surface area contributed by atoms with Crippen LogP contribution in [-0.4, -0.2) is 29.8 Å². The molecule has 4 nitrogen and oxygen atoms in total. The molecule has 0 bridgehead atoms. The molecule has 2 aromatic carbocycles. The molecule has 1 heterocycles. The van der Waals surface area contributed by atoms with E-state index in [-0.39, 0.29) is 17.9 Å². The maximum absolute atomic E-state index is 13.4. The quantitative estimate of drug-likeness (QED) is 0.792. The summed E-state index contributed by atoms with van der Waals surface area (Å²) in [5.74, 6) is 0.104. The summed E-state index contributed by atoms with van der Waals surface area (Å²) in [5, 5.41) is 3.21. The fourth-order valence-electron chi connectivity index (χ4n) is 3.78. The number of rotatable bonds is 4. The van der Waals surface area contributed by atoms with E-state index in [0.717, 1.165) is 15.6 Å². The monoisotopic (exact) mass is 428 g/mol. The molecule has 1 fully saturated rings. The molecule has 0 aliphatic carbocycles. The van der Waals surface area contributed by atoms with Crippen LogP contribution in [0.25, 0.3) is 0 Å². The van der Waals surface area contributed by atoms with Crippen LogP contribution in [-0.2, 0) is 15.0 Å². The zero-order chi connectivity index (χ0) is 19.4. The van der Waals surface area contributed by atoms with Gasteiger partial charge in [-0.05, 0) is 43.0 Å². The fraction of sp³-hybridized carbons (Fsp3) is 0.364. The molecule has 2 aromatic rings. The van der Waals surface area contributed by atoms with E-state index < -0.39 is 5.41 Å². The van der Waals surface area contributed by atoms with Crippen molar-refractivity contribution in [3.8, 4) is 0 Å². The third-order valence-corrected chi connectivity index (χ3v) is 6.07. The van der Waals surface area contributed by atoms with Gasteiger partial charge in [0, 0.05) is 24.5 Å². The van der Waals surface area contributed by atoms with Crippen molar-refractivity contribution in [2.45, 2.75) is 38.1 Å². The van der Waals surface area contributed by atoms with E-state index in [2.05, 4.69) is 21.2 Å². The number of benzene rings is 2. The highest BCUT2D eigenvalue weighted by Gasteiger charge is 2.43. The van der Waals surface area contributed by atoms with Crippen molar-refractivity contribution >= 4 is 27.7 Å². The number of halogens is 1. The summed E-state index contributed by atoms with van der Waals surface area (Å²) < 4.78 is 1.02. The SMILES string of the molecule is CC(=O)N1CCC(C(=O)NC(C)c2ccc(Br)cc2)(c2ccccc2)CC1. The molecule has 27 heavy (non-hydrogen) atoms. The van der Waals surface area contributed by atoms with Crippen molar-refractivity contribution in [2.75, 3.05) is 13.1 Å². The van der Waals surface area contributed by atoms with Crippen molar-refractivity contribution in [3.05, 3.63) is 70.2 Å². The molecular weight excluding hydrogens is 404 g/mol. The largest absolute Gasteiger partial charge is 0.349 e. The second-order valence-corrected chi connectivity index (χ2v) is 8.12. The Morgan fingerprint density at radius 2 is 1.63 bits per heavy atom. The van der Waals surface area contributed by atoms with Crippen molar-refractivity contribution in [3.63, 3.8) is 0 Å². The minimum atomic E-state index is -0.600. The van der Waals surface area contributed by atoms with E-state index in [4.69, 9.17) is 0 Å². The lowest BCUT2D eigenvalue weighted by Gasteiger charge is -2.41. The molecule has 1 aliphatic rings. The van der Waals surface area contributed by atoms with Gasteiger partial charge in [0.1, 0.15) is 0 Å². The van der Waals surface area contributed by atoms with Crippen LogP contribution in [0.15, 0.2) is 59.1 Å². The van der Waals surface area contributed by atoms with Gasteiger partial charge in [-0.25, -0.2) is 0 Å². The Morgan fingerprint density at radius 1 is 1.04 bits per heavy atom. The summed E-state index contributed by atoms with van der Waals surface area (Å²) in [4.78, 5) is 27.0. The molecule has 1 unspecified atom stereocenters. The van der Waals surface area contributed by atoms with Crippen molar-refractivity contribution in [2.24, 2.45) is 0 Å². The second kappa shape index (κ2) is 8.26. The van der Waals surface area contributed by atoms with E-state index >= 15 is 0 Å². The highest BCUT2D eigenvalue weighted by molar-refractivity contribution is 9.10. The zero-order valence-electron chi connectivity index (χ0n) is 15.7. The highest BCUT2D eigenvalue weighted by atomic mass is 79.9. The molecule has 1 atom stereocenters. The third-order valence-electron chi connectivity index (χ3n) is 5.54. The summed E-state index contributed by atoms with van der Waals surface area (Å²) in [5.41, 5.74) is 1.49. The summed E-state index contributed by atoms with van der Waals surface area (Å²) in [6.07, 6.45) is 1.27. The van der Waals surface area contributed by atoms with E-state index in [1.54, 1.807) is 6.92 Å². The third kappa shape index (κ3) is 4.24. The number of nitrogens with zero attached hydrogens (tertiary/aromatic N) is 1. The van der Waals surface area contributed by atoms with E-state index in [1.807, 2.05) is 66.4 Å². The summed E-state index contributed by atoms with van der Waals surface area (Å²) in [6.45, 7) is 4.80. The molecule has 1 aliphatic heterocycles. The van der Waals surface area contributed by atoms with Gasteiger partial charge >= 0.3 is 0 Å². The molecule has 0 radical (unpaired) electrons. The van der Waals surface area contributed by atoms with Crippen LogP contribution < -0.4 is 5.32 Å². The fourth-order valence-corrected chi connectivity index (χ4v) is 4.04. The number of amides is 2. The zero-order valence-corrected chi connectivity index (χ0v) is 17.3. The second-order valence-electron chi connectivity index (χ2n) is 7.20. The number of piperidine rings is 1. The number of hydrogen-bond donors (Lipinski definition) is 1. The van der Waals surface area contributed by atoms with Crippen LogP contribution in [0, 0.1) is 0 Å². The number of nitrogens with one attached hydrogen (secondary N) is 1. The Morgan fingerprint density at radius 3 is 2.19 bits per heavy atom. The van der Waals surface area contributed by atoms with Gasteiger partial charge in [0.25, 0.3) is 0 Å². The van der Waals surface area contributed by atoms with Gasteiger partial charge in [0.05, 0.1) is 11.5 Å².